The maximum absolute atomic E-state index is 11.1. The minimum Gasteiger partial charge on any atom is -0.303 e. The average Bonchev–Trinajstić information content (AvgIpc) is 2.70. The summed E-state index contributed by atoms with van der Waals surface area (Å²) in [6, 6.07) is -0.0658. The maximum Gasteiger partial charge on any atom is 0.173 e. The van der Waals surface area contributed by atoms with Crippen LogP contribution >= 0.6 is 11.3 Å². The zero-order valence-corrected chi connectivity index (χ0v) is 9.01. The summed E-state index contributed by atoms with van der Waals surface area (Å²) in [4.78, 5) is 4.10. The second-order valence-corrected chi connectivity index (χ2v) is 5.98. The molecule has 1 aromatic heterocycles. The highest BCUT2D eigenvalue weighted by Crippen LogP contribution is 2.09. The van der Waals surface area contributed by atoms with Gasteiger partial charge in [-0.3, -0.25) is 0 Å². The van der Waals surface area contributed by atoms with Gasteiger partial charge in [-0.15, -0.1) is 11.3 Å². The Labute approximate surface area is 86.6 Å². The maximum atomic E-state index is 11.1. The second kappa shape index (κ2) is 3.80. The van der Waals surface area contributed by atoms with Crippen LogP contribution in [0.3, 0.4) is 0 Å². The molecular weight excluding hydrogens is 220 g/mol. The monoisotopic (exact) mass is 230 g/mol. The van der Waals surface area contributed by atoms with Crippen molar-refractivity contribution in [2.75, 3.05) is 5.75 Å². The van der Waals surface area contributed by atoms with E-state index in [1.165, 1.54) is 5.41 Å². The van der Waals surface area contributed by atoms with Crippen molar-refractivity contribution in [3.05, 3.63) is 28.1 Å². The van der Waals surface area contributed by atoms with Crippen molar-refractivity contribution in [1.82, 2.24) is 10.3 Å². The predicted octanol–water partition coefficient (Wildman–Crippen LogP) is 0.543. The van der Waals surface area contributed by atoms with Crippen LogP contribution in [-0.4, -0.2) is 25.2 Å². The molecule has 1 unspecified atom stereocenters. The van der Waals surface area contributed by atoms with Crippen molar-refractivity contribution in [3.63, 3.8) is 0 Å². The lowest BCUT2D eigenvalue weighted by atomic mass is 10.3. The molecule has 0 spiro atoms. The Kier molecular flexibility index (Phi) is 2.66. The zero-order chi connectivity index (χ0) is 10.0. The second-order valence-electron chi connectivity index (χ2n) is 3.07. The number of thiazole rings is 1. The van der Waals surface area contributed by atoms with Crippen LogP contribution in [0.15, 0.2) is 23.1 Å². The number of rotatable bonds is 3. The number of nitrogens with one attached hydrogen (secondary N) is 1. The topological polar surface area (TPSA) is 59.1 Å². The molecule has 0 bridgehead atoms. The van der Waals surface area contributed by atoms with Gasteiger partial charge in [-0.1, -0.05) is 6.08 Å². The van der Waals surface area contributed by atoms with Crippen molar-refractivity contribution in [1.29, 1.82) is 0 Å². The lowest BCUT2D eigenvalue weighted by molar-refractivity contribution is 0.590. The first kappa shape index (κ1) is 9.82. The summed E-state index contributed by atoms with van der Waals surface area (Å²) in [7, 11) is -2.95. The van der Waals surface area contributed by atoms with Gasteiger partial charge in [-0.25, -0.2) is 13.4 Å². The van der Waals surface area contributed by atoms with Crippen LogP contribution in [0.5, 0.6) is 0 Å². The Hall–Kier alpha value is -0.720. The molecule has 2 heterocycles. The Morgan fingerprint density at radius 2 is 2.50 bits per heavy atom. The molecule has 1 aliphatic heterocycles. The predicted molar refractivity (Wildman–Crippen MR) is 55.7 cm³/mol. The van der Waals surface area contributed by atoms with E-state index in [-0.39, 0.29) is 11.8 Å². The summed E-state index contributed by atoms with van der Waals surface area (Å²) in [6.07, 6.45) is 3.42. The summed E-state index contributed by atoms with van der Waals surface area (Å²) >= 11 is 1.56. The fraction of sp³-hybridized carbons (Fsp3) is 0.375. The van der Waals surface area contributed by atoms with Crippen LogP contribution in [0.2, 0.25) is 0 Å². The normalized spacial score (nSPS) is 24.1. The SMILES string of the molecule is O=S1(=O)C=CC(NCc2nccs2)C1. The molecule has 1 aliphatic rings. The molecule has 6 heteroatoms. The molecule has 1 atom stereocenters. The van der Waals surface area contributed by atoms with E-state index in [0.29, 0.717) is 6.54 Å². The van der Waals surface area contributed by atoms with Crippen LogP contribution in [0, 0.1) is 0 Å². The van der Waals surface area contributed by atoms with Gasteiger partial charge in [0.1, 0.15) is 5.01 Å². The summed E-state index contributed by atoms with van der Waals surface area (Å²) < 4.78 is 22.1. The van der Waals surface area contributed by atoms with Gasteiger partial charge in [0.15, 0.2) is 9.84 Å². The van der Waals surface area contributed by atoms with E-state index < -0.39 is 9.84 Å². The highest BCUT2D eigenvalue weighted by atomic mass is 32.2. The minimum absolute atomic E-state index is 0.0658. The van der Waals surface area contributed by atoms with Crippen LogP contribution in [0.4, 0.5) is 0 Å². The molecule has 76 valence electrons. The molecule has 0 aliphatic carbocycles. The third-order valence-corrected chi connectivity index (χ3v) is 4.10. The molecule has 2 rings (SSSR count). The Balaban J connectivity index is 1.87. The van der Waals surface area contributed by atoms with E-state index >= 15 is 0 Å². The van der Waals surface area contributed by atoms with Crippen molar-refractivity contribution < 1.29 is 8.42 Å². The molecule has 0 amide bonds. The third kappa shape index (κ3) is 2.40. The van der Waals surface area contributed by atoms with Gasteiger partial charge in [-0.05, 0) is 0 Å². The molecular formula is C8H10N2O2S2. The van der Waals surface area contributed by atoms with Gasteiger partial charge < -0.3 is 5.32 Å². The molecule has 1 aromatic rings. The van der Waals surface area contributed by atoms with Crippen LogP contribution in [-0.2, 0) is 16.4 Å². The van der Waals surface area contributed by atoms with Crippen molar-refractivity contribution in [3.8, 4) is 0 Å². The van der Waals surface area contributed by atoms with Crippen molar-refractivity contribution in [2.45, 2.75) is 12.6 Å². The van der Waals surface area contributed by atoms with Crippen molar-refractivity contribution in [2.24, 2.45) is 0 Å². The molecule has 1 N–H and O–H groups in total. The highest BCUT2D eigenvalue weighted by Gasteiger charge is 2.20. The fourth-order valence-corrected chi connectivity index (χ4v) is 3.10. The van der Waals surface area contributed by atoms with Crippen molar-refractivity contribution >= 4 is 21.2 Å². The first-order valence-corrected chi connectivity index (χ1v) is 6.78. The average molecular weight is 230 g/mol. The van der Waals surface area contributed by atoms with Crippen LogP contribution in [0.25, 0.3) is 0 Å². The van der Waals surface area contributed by atoms with E-state index in [1.54, 1.807) is 23.6 Å². The van der Waals surface area contributed by atoms with Gasteiger partial charge in [-0.2, -0.15) is 0 Å². The lowest BCUT2D eigenvalue weighted by Crippen LogP contribution is -2.29. The number of aromatic nitrogens is 1. The first-order valence-electron chi connectivity index (χ1n) is 4.18. The van der Waals surface area contributed by atoms with E-state index in [1.807, 2.05) is 5.38 Å². The number of nitrogens with zero attached hydrogens (tertiary/aromatic N) is 1. The zero-order valence-electron chi connectivity index (χ0n) is 7.38. The molecule has 4 nitrogen and oxygen atoms in total. The molecule has 0 saturated heterocycles. The molecule has 14 heavy (non-hydrogen) atoms. The smallest absolute Gasteiger partial charge is 0.173 e. The molecule has 0 aromatic carbocycles. The van der Waals surface area contributed by atoms with E-state index in [4.69, 9.17) is 0 Å². The van der Waals surface area contributed by atoms with E-state index in [2.05, 4.69) is 10.3 Å². The quantitative estimate of drug-likeness (QED) is 0.823. The van der Waals surface area contributed by atoms with Gasteiger partial charge in [0.05, 0.1) is 5.75 Å². The van der Waals surface area contributed by atoms with Gasteiger partial charge in [0.25, 0.3) is 0 Å². The number of sulfone groups is 1. The lowest BCUT2D eigenvalue weighted by Gasteiger charge is -2.06. The number of hydrogen-bond donors (Lipinski definition) is 1. The standard InChI is InChI=1S/C8H10N2O2S2/c11-14(12)4-1-7(6-14)10-5-8-9-2-3-13-8/h1-4,7,10H,5-6H2. The molecule has 0 radical (unpaired) electrons. The highest BCUT2D eigenvalue weighted by molar-refractivity contribution is 7.94. The van der Waals surface area contributed by atoms with E-state index in [0.717, 1.165) is 5.01 Å². The first-order chi connectivity index (χ1) is 6.66. The fourth-order valence-electron chi connectivity index (χ4n) is 1.26. The summed E-state index contributed by atoms with van der Waals surface area (Å²) in [5.74, 6) is 0.165. The molecule has 0 saturated carbocycles. The molecule has 0 fully saturated rings. The Bertz CT molecular complexity index is 422. The summed E-state index contributed by atoms with van der Waals surface area (Å²) in [5.41, 5.74) is 0. The van der Waals surface area contributed by atoms with Gasteiger partial charge in [0.2, 0.25) is 0 Å². The van der Waals surface area contributed by atoms with E-state index in [9.17, 15) is 8.42 Å². The third-order valence-electron chi connectivity index (χ3n) is 1.93. The summed E-state index contributed by atoms with van der Waals surface area (Å²) in [5, 5.41) is 7.27. The van der Waals surface area contributed by atoms with Crippen LogP contribution in [0.1, 0.15) is 5.01 Å². The van der Waals surface area contributed by atoms with Gasteiger partial charge >= 0.3 is 0 Å². The van der Waals surface area contributed by atoms with Crippen LogP contribution < -0.4 is 5.32 Å². The Morgan fingerprint density at radius 1 is 1.64 bits per heavy atom. The minimum atomic E-state index is -2.95. The summed E-state index contributed by atoms with van der Waals surface area (Å²) in [6.45, 7) is 0.627. The largest absolute Gasteiger partial charge is 0.303 e. The van der Waals surface area contributed by atoms with Gasteiger partial charge in [0, 0.05) is 29.6 Å². The number of hydrogen-bond acceptors (Lipinski definition) is 5. The Morgan fingerprint density at radius 3 is 3.07 bits per heavy atom.